The molecule has 0 radical (unpaired) electrons. The second-order valence-electron chi connectivity index (χ2n) is 2.86. The molecule has 2 aromatic rings. The summed E-state index contributed by atoms with van der Waals surface area (Å²) in [6.45, 7) is 0. The Bertz CT molecular complexity index is 476. The molecule has 2 rings (SSSR count). The number of fused-ring (bicyclic) bond motifs is 1. The van der Waals surface area contributed by atoms with Crippen LogP contribution in [0.4, 0.5) is 0 Å². The first-order chi connectivity index (χ1) is 6.68. The van der Waals surface area contributed by atoms with Crippen molar-refractivity contribution in [3.05, 3.63) is 30.0 Å². The Labute approximate surface area is 78.6 Å². The van der Waals surface area contributed by atoms with Gasteiger partial charge >= 0.3 is 5.97 Å². The summed E-state index contributed by atoms with van der Waals surface area (Å²) in [6, 6.07) is 4.63. The van der Waals surface area contributed by atoms with Crippen molar-refractivity contribution in [2.45, 2.75) is 6.10 Å². The summed E-state index contributed by atoms with van der Waals surface area (Å²) in [7, 11) is 0. The van der Waals surface area contributed by atoms with E-state index in [1.807, 2.05) is 0 Å². The van der Waals surface area contributed by atoms with Gasteiger partial charge in [-0.1, -0.05) is 11.2 Å². The molecule has 72 valence electrons. The molecule has 14 heavy (non-hydrogen) atoms. The van der Waals surface area contributed by atoms with E-state index < -0.39 is 12.1 Å². The maximum atomic E-state index is 10.5. The molecule has 0 aliphatic rings. The lowest BCUT2D eigenvalue weighted by Gasteiger charge is -2.03. The largest absolute Gasteiger partial charge is 0.479 e. The van der Waals surface area contributed by atoms with Gasteiger partial charge in [-0.3, -0.25) is 0 Å². The van der Waals surface area contributed by atoms with Gasteiger partial charge in [0.05, 0.1) is 6.20 Å². The minimum absolute atomic E-state index is 0.279. The first-order valence-electron chi connectivity index (χ1n) is 3.93. The number of aliphatic hydroxyl groups excluding tert-OH is 1. The quantitative estimate of drug-likeness (QED) is 0.741. The molecule has 0 saturated carbocycles. The molecular formula is C9H7NO4. The second kappa shape index (κ2) is 3.12. The van der Waals surface area contributed by atoms with Gasteiger partial charge in [0.15, 0.2) is 11.7 Å². The van der Waals surface area contributed by atoms with Crippen molar-refractivity contribution in [2.75, 3.05) is 0 Å². The smallest absolute Gasteiger partial charge is 0.337 e. The van der Waals surface area contributed by atoms with Crippen molar-refractivity contribution < 1.29 is 19.5 Å². The van der Waals surface area contributed by atoms with E-state index >= 15 is 0 Å². The maximum absolute atomic E-state index is 10.5. The van der Waals surface area contributed by atoms with Crippen molar-refractivity contribution >= 4 is 16.9 Å². The molecule has 0 aliphatic carbocycles. The number of aromatic nitrogens is 1. The van der Waals surface area contributed by atoms with Crippen LogP contribution < -0.4 is 0 Å². The highest BCUT2D eigenvalue weighted by Crippen LogP contribution is 2.20. The van der Waals surface area contributed by atoms with Crippen molar-refractivity contribution in [1.82, 2.24) is 5.16 Å². The Balaban J connectivity index is 2.48. The molecule has 1 heterocycles. The van der Waals surface area contributed by atoms with Crippen molar-refractivity contribution in [3.8, 4) is 0 Å². The van der Waals surface area contributed by atoms with Gasteiger partial charge in [0.2, 0.25) is 0 Å². The van der Waals surface area contributed by atoms with Gasteiger partial charge in [-0.15, -0.1) is 0 Å². The van der Waals surface area contributed by atoms with Crippen LogP contribution in [0.5, 0.6) is 0 Å². The molecule has 0 fully saturated rings. The molecule has 1 unspecified atom stereocenters. The van der Waals surface area contributed by atoms with Crippen LogP contribution >= 0.6 is 0 Å². The number of hydrogen-bond donors (Lipinski definition) is 2. The Morgan fingerprint density at radius 1 is 1.50 bits per heavy atom. The van der Waals surface area contributed by atoms with E-state index in [4.69, 9.17) is 9.63 Å². The van der Waals surface area contributed by atoms with E-state index in [0.29, 0.717) is 5.58 Å². The van der Waals surface area contributed by atoms with E-state index in [-0.39, 0.29) is 5.56 Å². The lowest BCUT2D eigenvalue weighted by Crippen LogP contribution is -2.09. The van der Waals surface area contributed by atoms with Crippen LogP contribution in [-0.2, 0) is 4.79 Å². The summed E-state index contributed by atoms with van der Waals surface area (Å²) in [6.07, 6.45) is -0.00351. The third-order valence-electron chi connectivity index (χ3n) is 1.93. The summed E-state index contributed by atoms with van der Waals surface area (Å²) in [5.74, 6) is -1.29. The minimum atomic E-state index is -1.52. The van der Waals surface area contributed by atoms with Crippen LogP contribution in [0.3, 0.4) is 0 Å². The molecule has 0 bridgehead atoms. The van der Waals surface area contributed by atoms with E-state index in [9.17, 15) is 9.90 Å². The zero-order valence-electron chi connectivity index (χ0n) is 7.04. The Kier molecular flexibility index (Phi) is 1.94. The third-order valence-corrected chi connectivity index (χ3v) is 1.93. The molecule has 0 spiro atoms. The average molecular weight is 193 g/mol. The van der Waals surface area contributed by atoms with Crippen LogP contribution in [0, 0.1) is 0 Å². The Hall–Kier alpha value is -1.88. The van der Waals surface area contributed by atoms with Gasteiger partial charge in [0.25, 0.3) is 0 Å². The Morgan fingerprint density at radius 2 is 2.29 bits per heavy atom. The maximum Gasteiger partial charge on any atom is 0.337 e. The third kappa shape index (κ3) is 1.33. The molecule has 5 heteroatoms. The Morgan fingerprint density at radius 3 is 3.00 bits per heavy atom. The highest BCUT2D eigenvalue weighted by molar-refractivity contribution is 5.80. The molecule has 0 amide bonds. The monoisotopic (exact) mass is 193 g/mol. The number of aliphatic hydroxyl groups is 1. The summed E-state index contributed by atoms with van der Waals surface area (Å²) >= 11 is 0. The lowest BCUT2D eigenvalue weighted by atomic mass is 10.1. The van der Waals surface area contributed by atoms with Crippen LogP contribution in [0.1, 0.15) is 11.7 Å². The van der Waals surface area contributed by atoms with E-state index in [0.717, 1.165) is 5.39 Å². The lowest BCUT2D eigenvalue weighted by molar-refractivity contribution is -0.146. The molecule has 0 saturated heterocycles. The van der Waals surface area contributed by atoms with Crippen LogP contribution in [0.25, 0.3) is 11.0 Å². The number of carboxylic acids is 1. The van der Waals surface area contributed by atoms with Crippen molar-refractivity contribution in [2.24, 2.45) is 0 Å². The molecular weight excluding hydrogens is 186 g/mol. The molecule has 2 N–H and O–H groups in total. The summed E-state index contributed by atoms with van der Waals surface area (Å²) in [5, 5.41) is 22.1. The molecule has 5 nitrogen and oxygen atoms in total. The topological polar surface area (TPSA) is 83.6 Å². The van der Waals surface area contributed by atoms with Crippen LogP contribution in [0.2, 0.25) is 0 Å². The second-order valence-corrected chi connectivity index (χ2v) is 2.86. The predicted molar refractivity (Wildman–Crippen MR) is 46.6 cm³/mol. The normalized spacial score (nSPS) is 12.9. The van der Waals surface area contributed by atoms with Gasteiger partial charge in [-0.2, -0.15) is 0 Å². The number of nitrogens with zero attached hydrogens (tertiary/aromatic N) is 1. The summed E-state index contributed by atoms with van der Waals surface area (Å²) in [4.78, 5) is 10.5. The van der Waals surface area contributed by atoms with Gasteiger partial charge in [-0.05, 0) is 17.7 Å². The van der Waals surface area contributed by atoms with Gasteiger partial charge < -0.3 is 14.7 Å². The summed E-state index contributed by atoms with van der Waals surface area (Å²) in [5.41, 5.74) is 0.740. The predicted octanol–water partition coefficient (Wildman–Crippen LogP) is 0.946. The zero-order chi connectivity index (χ0) is 10.1. The van der Waals surface area contributed by atoms with Gasteiger partial charge in [-0.25, -0.2) is 4.79 Å². The highest BCUT2D eigenvalue weighted by Gasteiger charge is 2.16. The van der Waals surface area contributed by atoms with Crippen molar-refractivity contribution in [3.63, 3.8) is 0 Å². The number of rotatable bonds is 2. The number of carboxylic acid groups (broad SMARTS) is 1. The van der Waals surface area contributed by atoms with Crippen LogP contribution in [0.15, 0.2) is 28.9 Å². The SMILES string of the molecule is O=C(O)C(O)c1ccc2cnoc2c1. The van der Waals surface area contributed by atoms with Crippen molar-refractivity contribution in [1.29, 1.82) is 0 Å². The summed E-state index contributed by atoms with van der Waals surface area (Å²) < 4.78 is 4.83. The zero-order valence-corrected chi connectivity index (χ0v) is 7.04. The number of benzene rings is 1. The molecule has 0 aliphatic heterocycles. The van der Waals surface area contributed by atoms with E-state index in [1.54, 1.807) is 6.07 Å². The highest BCUT2D eigenvalue weighted by atomic mass is 16.5. The number of aliphatic carboxylic acids is 1. The molecule has 1 atom stereocenters. The van der Waals surface area contributed by atoms with Crippen LogP contribution in [-0.4, -0.2) is 21.3 Å². The number of carbonyl (C=O) groups is 1. The molecule has 1 aromatic carbocycles. The fourth-order valence-electron chi connectivity index (χ4n) is 1.19. The number of hydrogen-bond acceptors (Lipinski definition) is 4. The fraction of sp³-hybridized carbons (Fsp3) is 0.111. The first kappa shape index (κ1) is 8.71. The van der Waals surface area contributed by atoms with Gasteiger partial charge in [0.1, 0.15) is 0 Å². The van der Waals surface area contributed by atoms with E-state index in [1.165, 1.54) is 18.3 Å². The standard InChI is InChI=1S/C9H7NO4/c11-8(9(12)13)5-1-2-6-4-10-14-7(6)3-5/h1-4,8,11H,(H,12,13). The van der Waals surface area contributed by atoms with E-state index in [2.05, 4.69) is 5.16 Å². The van der Waals surface area contributed by atoms with Gasteiger partial charge in [0, 0.05) is 5.39 Å². The molecule has 1 aromatic heterocycles. The first-order valence-corrected chi connectivity index (χ1v) is 3.93. The minimum Gasteiger partial charge on any atom is -0.479 e. The fourth-order valence-corrected chi connectivity index (χ4v) is 1.19. The average Bonchev–Trinajstić information content (AvgIpc) is 2.62.